The molecule has 0 unspecified atom stereocenters. The third-order valence-corrected chi connectivity index (χ3v) is 2.47. The average molecular weight is 270 g/mol. The minimum absolute atomic E-state index is 0.123. The third-order valence-electron chi connectivity index (χ3n) is 2.22. The molecule has 0 aromatic heterocycles. The van der Waals surface area contributed by atoms with Crippen molar-refractivity contribution in [3.8, 4) is 0 Å². The summed E-state index contributed by atoms with van der Waals surface area (Å²) in [6, 6.07) is 6.86. The average Bonchev–Trinajstić information content (AvgIpc) is 2.32. The van der Waals surface area contributed by atoms with Crippen LogP contribution in [0.1, 0.15) is 26.2 Å². The van der Waals surface area contributed by atoms with Crippen molar-refractivity contribution in [2.75, 3.05) is 11.9 Å². The molecule has 0 fully saturated rings. The van der Waals surface area contributed by atoms with Gasteiger partial charge in [-0.15, -0.1) is 0 Å². The molecule has 98 valence electrons. The predicted molar refractivity (Wildman–Crippen MR) is 70.6 cm³/mol. The van der Waals surface area contributed by atoms with Crippen LogP contribution in [0, 0.1) is 0 Å². The Balaban J connectivity index is 2.25. The van der Waals surface area contributed by atoms with E-state index in [-0.39, 0.29) is 18.3 Å². The van der Waals surface area contributed by atoms with Crippen molar-refractivity contribution < 1.29 is 14.3 Å². The summed E-state index contributed by atoms with van der Waals surface area (Å²) in [5.41, 5.74) is 0.695. The van der Waals surface area contributed by atoms with E-state index in [1.807, 2.05) is 0 Å². The molecular weight excluding hydrogens is 254 g/mol. The molecule has 1 rings (SSSR count). The predicted octanol–water partition coefficient (Wildman–Crippen LogP) is 3.01. The molecule has 4 nitrogen and oxygen atoms in total. The largest absolute Gasteiger partial charge is 0.466 e. The first-order chi connectivity index (χ1) is 8.61. The van der Waals surface area contributed by atoms with E-state index in [9.17, 15) is 9.59 Å². The molecule has 1 aromatic carbocycles. The molecule has 0 heterocycles. The molecule has 18 heavy (non-hydrogen) atoms. The number of carbonyl (C=O) groups excluding carboxylic acids is 2. The Hall–Kier alpha value is -1.55. The van der Waals surface area contributed by atoms with E-state index in [1.54, 1.807) is 31.2 Å². The van der Waals surface area contributed by atoms with Gasteiger partial charge in [-0.25, -0.2) is 0 Å². The molecule has 5 heteroatoms. The molecule has 0 aliphatic carbocycles. The van der Waals surface area contributed by atoms with Gasteiger partial charge in [0.25, 0.3) is 0 Å². The number of hydrogen-bond acceptors (Lipinski definition) is 3. The lowest BCUT2D eigenvalue weighted by atomic mass is 10.2. The maximum atomic E-state index is 11.5. The number of rotatable bonds is 6. The van der Waals surface area contributed by atoms with E-state index < -0.39 is 0 Å². The van der Waals surface area contributed by atoms with Crippen LogP contribution in [0.4, 0.5) is 5.69 Å². The summed E-state index contributed by atoms with van der Waals surface area (Å²) in [4.78, 5) is 22.6. The lowest BCUT2D eigenvalue weighted by Crippen LogP contribution is -2.12. The third kappa shape index (κ3) is 5.68. The number of amides is 1. The van der Waals surface area contributed by atoms with Gasteiger partial charge in [0.1, 0.15) is 0 Å². The smallest absolute Gasteiger partial charge is 0.305 e. The summed E-state index contributed by atoms with van der Waals surface area (Å²) in [6.07, 6.45) is 1.04. The minimum atomic E-state index is -0.267. The van der Waals surface area contributed by atoms with E-state index in [0.29, 0.717) is 30.2 Å². The van der Waals surface area contributed by atoms with Gasteiger partial charge in [0.05, 0.1) is 6.61 Å². The van der Waals surface area contributed by atoms with E-state index in [0.717, 1.165) is 0 Å². The van der Waals surface area contributed by atoms with Crippen LogP contribution in [0.2, 0.25) is 5.02 Å². The quantitative estimate of drug-likeness (QED) is 0.808. The first-order valence-electron chi connectivity index (χ1n) is 5.83. The number of anilines is 1. The van der Waals surface area contributed by atoms with Crippen molar-refractivity contribution in [1.82, 2.24) is 0 Å². The summed E-state index contributed by atoms with van der Waals surface area (Å²) in [5, 5.41) is 3.35. The Morgan fingerprint density at radius 2 is 1.89 bits per heavy atom. The molecule has 1 amide bonds. The summed E-state index contributed by atoms with van der Waals surface area (Å²) < 4.78 is 4.77. The van der Waals surface area contributed by atoms with Gasteiger partial charge in [-0.1, -0.05) is 11.6 Å². The second kappa shape index (κ2) is 7.71. The second-order valence-corrected chi connectivity index (χ2v) is 4.15. The van der Waals surface area contributed by atoms with Crippen LogP contribution in [0.5, 0.6) is 0 Å². The SMILES string of the molecule is CCOC(=O)CCCC(=O)Nc1ccc(Cl)cc1. The maximum Gasteiger partial charge on any atom is 0.305 e. The normalized spacial score (nSPS) is 9.89. The molecule has 1 aromatic rings. The van der Waals surface area contributed by atoms with Gasteiger partial charge in [-0.2, -0.15) is 0 Å². The van der Waals surface area contributed by atoms with Gasteiger partial charge < -0.3 is 10.1 Å². The van der Waals surface area contributed by atoms with Gasteiger partial charge >= 0.3 is 5.97 Å². The number of esters is 1. The molecule has 1 N–H and O–H groups in total. The summed E-state index contributed by atoms with van der Waals surface area (Å²) in [7, 11) is 0. The van der Waals surface area contributed by atoms with Crippen LogP contribution in [-0.2, 0) is 14.3 Å². The van der Waals surface area contributed by atoms with Crippen molar-refractivity contribution in [2.45, 2.75) is 26.2 Å². The maximum absolute atomic E-state index is 11.5. The molecule has 0 bridgehead atoms. The number of benzene rings is 1. The summed E-state index contributed by atoms with van der Waals surface area (Å²) in [6.45, 7) is 2.13. The topological polar surface area (TPSA) is 55.4 Å². The molecule has 0 radical (unpaired) electrons. The Morgan fingerprint density at radius 1 is 1.22 bits per heavy atom. The van der Waals surface area contributed by atoms with Crippen LogP contribution in [-0.4, -0.2) is 18.5 Å². The molecule has 0 spiro atoms. The second-order valence-electron chi connectivity index (χ2n) is 3.71. The summed E-state index contributed by atoms with van der Waals surface area (Å²) in [5.74, 6) is -0.390. The standard InChI is InChI=1S/C13H16ClNO3/c1-2-18-13(17)5-3-4-12(16)15-11-8-6-10(14)7-9-11/h6-9H,2-5H2,1H3,(H,15,16). The Morgan fingerprint density at radius 3 is 2.50 bits per heavy atom. The summed E-state index contributed by atoms with van der Waals surface area (Å²) >= 11 is 5.73. The zero-order valence-electron chi connectivity index (χ0n) is 10.2. The van der Waals surface area contributed by atoms with E-state index in [1.165, 1.54) is 0 Å². The first kappa shape index (κ1) is 14.5. The molecule has 0 atom stereocenters. The highest BCUT2D eigenvalue weighted by atomic mass is 35.5. The minimum Gasteiger partial charge on any atom is -0.466 e. The Bertz CT molecular complexity index is 403. The van der Waals surface area contributed by atoms with Gasteiger partial charge in [0.15, 0.2) is 0 Å². The van der Waals surface area contributed by atoms with Crippen LogP contribution in [0.15, 0.2) is 24.3 Å². The van der Waals surface area contributed by atoms with Crippen LogP contribution >= 0.6 is 11.6 Å². The zero-order valence-corrected chi connectivity index (χ0v) is 11.0. The zero-order chi connectivity index (χ0) is 13.4. The van der Waals surface area contributed by atoms with Gasteiger partial charge in [0, 0.05) is 23.6 Å². The van der Waals surface area contributed by atoms with Crippen molar-refractivity contribution in [2.24, 2.45) is 0 Å². The molecule has 0 aliphatic rings. The fraction of sp³-hybridized carbons (Fsp3) is 0.385. The molecule has 0 saturated carbocycles. The number of halogens is 1. The van der Waals surface area contributed by atoms with Crippen LogP contribution in [0.25, 0.3) is 0 Å². The van der Waals surface area contributed by atoms with Gasteiger partial charge in [0.2, 0.25) is 5.91 Å². The molecular formula is C13H16ClNO3. The van der Waals surface area contributed by atoms with Gasteiger partial charge in [-0.3, -0.25) is 9.59 Å². The van der Waals surface area contributed by atoms with E-state index >= 15 is 0 Å². The van der Waals surface area contributed by atoms with E-state index in [2.05, 4.69) is 5.32 Å². The van der Waals surface area contributed by atoms with Crippen molar-refractivity contribution >= 4 is 29.2 Å². The van der Waals surface area contributed by atoms with Crippen molar-refractivity contribution in [3.05, 3.63) is 29.3 Å². The number of ether oxygens (including phenoxy) is 1. The molecule has 0 saturated heterocycles. The van der Waals surface area contributed by atoms with Gasteiger partial charge in [-0.05, 0) is 37.6 Å². The number of carbonyl (C=O) groups is 2. The fourth-order valence-corrected chi connectivity index (χ4v) is 1.51. The monoisotopic (exact) mass is 269 g/mol. The lowest BCUT2D eigenvalue weighted by molar-refractivity contribution is -0.143. The highest BCUT2D eigenvalue weighted by molar-refractivity contribution is 6.30. The van der Waals surface area contributed by atoms with E-state index in [4.69, 9.17) is 16.3 Å². The number of nitrogens with one attached hydrogen (secondary N) is 1. The van der Waals surface area contributed by atoms with Crippen LogP contribution in [0.3, 0.4) is 0 Å². The Kier molecular flexibility index (Phi) is 6.22. The van der Waals surface area contributed by atoms with Crippen molar-refractivity contribution in [3.63, 3.8) is 0 Å². The number of hydrogen-bond donors (Lipinski definition) is 1. The fourth-order valence-electron chi connectivity index (χ4n) is 1.38. The lowest BCUT2D eigenvalue weighted by Gasteiger charge is -2.05. The highest BCUT2D eigenvalue weighted by Crippen LogP contribution is 2.13. The Labute approximate surface area is 111 Å². The van der Waals surface area contributed by atoms with Crippen molar-refractivity contribution in [1.29, 1.82) is 0 Å². The first-order valence-corrected chi connectivity index (χ1v) is 6.20. The molecule has 0 aliphatic heterocycles. The highest BCUT2D eigenvalue weighted by Gasteiger charge is 2.06. The van der Waals surface area contributed by atoms with Crippen LogP contribution < -0.4 is 5.32 Å².